The van der Waals surface area contributed by atoms with Crippen LogP contribution in [0.5, 0.6) is 0 Å². The first-order valence-corrected chi connectivity index (χ1v) is 1.34. The zero-order valence-electron chi connectivity index (χ0n) is 2.30. The third-order valence-electron chi connectivity index (χ3n) is 0.0962. The van der Waals surface area contributed by atoms with Crippen molar-refractivity contribution in [2.24, 2.45) is 0 Å². The summed E-state index contributed by atoms with van der Waals surface area (Å²) < 4.78 is 0. The normalized spacial score (nSPS) is 6.40. The lowest BCUT2D eigenvalue weighted by Gasteiger charge is -1.53. The van der Waals surface area contributed by atoms with Gasteiger partial charge in [0, 0.05) is 0 Å². The van der Waals surface area contributed by atoms with Gasteiger partial charge in [0.1, 0.15) is 0 Å². The molecule has 3 heteroatoms. The number of carbonyl (C=O) groups excluding carboxylic acids is 2. The molecule has 0 aliphatic heterocycles. The van der Waals surface area contributed by atoms with E-state index in [0.717, 1.165) is 0 Å². The maximum atomic E-state index is 9.26. The number of hydrogen-bond donors (Lipinski definition) is 0. The zero-order chi connectivity index (χ0) is 4.28. The van der Waals surface area contributed by atoms with Gasteiger partial charge in [-0.1, -0.05) is 0 Å². The fourth-order valence-electron chi connectivity index (χ4n) is 0. The number of aldehydes is 1. The highest BCUT2D eigenvalue weighted by Gasteiger charge is 1.80. The summed E-state index contributed by atoms with van der Waals surface area (Å²) in [5.41, 5.74) is 0. The lowest BCUT2D eigenvalue weighted by molar-refractivity contribution is -0.124. The summed E-state index contributed by atoms with van der Waals surface area (Å²) in [6.45, 7) is 0. The van der Waals surface area contributed by atoms with Crippen LogP contribution in [0.4, 0.5) is 0 Å². The van der Waals surface area contributed by atoms with Crippen molar-refractivity contribution in [2.45, 2.75) is 0 Å². The number of rotatable bonds is 1. The average Bonchev–Trinajstić information content (AvgIpc) is 1.38. The summed E-state index contributed by atoms with van der Waals surface area (Å²) in [6, 6.07) is 0. The van der Waals surface area contributed by atoms with E-state index in [4.69, 9.17) is 4.79 Å². The third kappa shape index (κ3) is 3.56. The van der Waals surface area contributed by atoms with E-state index in [0.29, 0.717) is 0 Å². The Hall–Kier alpha value is -0.440. The van der Waals surface area contributed by atoms with E-state index in [9.17, 15) is 4.79 Å². The quantitative estimate of drug-likeness (QED) is 0.332. The Bertz CT molecular complexity index is 58.7. The Labute approximate surface area is 34.6 Å². The lowest BCUT2D eigenvalue weighted by atomic mass is 10.9. The van der Waals surface area contributed by atoms with Crippen LogP contribution >= 0.6 is 12.6 Å². The summed E-state index contributed by atoms with van der Waals surface area (Å²) in [5, 5.41) is -0.843. The number of carbonyl (C=O) groups is 2. The first kappa shape index (κ1) is 4.56. The van der Waals surface area contributed by atoms with Gasteiger partial charge in [0.15, 0.2) is 0 Å². The highest BCUT2D eigenvalue weighted by molar-refractivity contribution is 7.98. The molecule has 0 saturated heterocycles. The molecule has 0 N–H and O–H groups in total. The fourth-order valence-corrected chi connectivity index (χ4v) is 0. The molecule has 0 saturated carbocycles. The summed E-state index contributed by atoms with van der Waals surface area (Å²) in [4.78, 5) is 18.3. The second-order valence-electron chi connectivity index (χ2n) is 0.437. The molecule has 0 fully saturated rings. The second-order valence-corrected chi connectivity index (χ2v) is 0.839. The highest BCUT2D eigenvalue weighted by atomic mass is 32.1. The van der Waals surface area contributed by atoms with Gasteiger partial charge in [0.05, 0.1) is 0 Å². The minimum Gasteiger partial charge on any atom is -0.293 e. The Morgan fingerprint density at radius 1 is 1.80 bits per heavy atom. The summed E-state index contributed by atoms with van der Waals surface area (Å²) in [7, 11) is 0. The standard InChI is InChI=1S/C2HO2S/c3-1-2(4)5/h1H. The van der Waals surface area contributed by atoms with Gasteiger partial charge in [-0.3, -0.25) is 9.59 Å². The largest absolute Gasteiger partial charge is 0.293 e. The molecule has 0 aliphatic carbocycles. The minimum atomic E-state index is -0.843. The molecule has 2 nitrogen and oxygen atoms in total. The molecule has 0 aromatic carbocycles. The van der Waals surface area contributed by atoms with Crippen LogP contribution in [-0.2, 0) is 9.59 Å². The monoisotopic (exact) mass is 89.0 g/mol. The van der Waals surface area contributed by atoms with Crippen LogP contribution in [0.25, 0.3) is 0 Å². The molecule has 0 amide bonds. The van der Waals surface area contributed by atoms with Crippen molar-refractivity contribution >= 4 is 24.0 Å². The molecule has 0 aliphatic rings. The van der Waals surface area contributed by atoms with E-state index >= 15 is 0 Å². The van der Waals surface area contributed by atoms with Gasteiger partial charge in [-0.05, 0) is 12.6 Å². The lowest BCUT2D eigenvalue weighted by Crippen LogP contribution is -1.80. The van der Waals surface area contributed by atoms with Crippen molar-refractivity contribution in [3.05, 3.63) is 0 Å². The van der Waals surface area contributed by atoms with Gasteiger partial charge < -0.3 is 0 Å². The molecule has 27 valence electrons. The first-order chi connectivity index (χ1) is 2.27. The van der Waals surface area contributed by atoms with Crippen molar-refractivity contribution in [1.29, 1.82) is 0 Å². The highest BCUT2D eigenvalue weighted by Crippen LogP contribution is 1.63. The van der Waals surface area contributed by atoms with Crippen LogP contribution in [0.3, 0.4) is 0 Å². The van der Waals surface area contributed by atoms with E-state index in [2.05, 4.69) is 12.6 Å². The molecule has 0 heterocycles. The van der Waals surface area contributed by atoms with Crippen LogP contribution in [0.2, 0.25) is 0 Å². The van der Waals surface area contributed by atoms with E-state index < -0.39 is 5.12 Å². The molecule has 1 radical (unpaired) electrons. The molecule has 0 atom stereocenters. The van der Waals surface area contributed by atoms with E-state index in [1.54, 1.807) is 0 Å². The Kier molecular flexibility index (Phi) is 1.68. The molecular weight excluding hydrogens is 88.1 g/mol. The predicted molar refractivity (Wildman–Crippen MR) is 18.7 cm³/mol. The first-order valence-electron chi connectivity index (χ1n) is 0.933. The molecule has 0 spiro atoms. The molecule has 0 bridgehead atoms. The Morgan fingerprint density at radius 3 is 2.00 bits per heavy atom. The molecule has 5 heavy (non-hydrogen) atoms. The van der Waals surface area contributed by atoms with E-state index in [1.807, 2.05) is 0 Å². The van der Waals surface area contributed by atoms with Gasteiger partial charge in [0.25, 0.3) is 5.12 Å². The van der Waals surface area contributed by atoms with Crippen molar-refractivity contribution < 1.29 is 9.59 Å². The maximum absolute atomic E-state index is 9.26. The summed E-state index contributed by atoms with van der Waals surface area (Å²) in [6.07, 6.45) is 0.0926. The SMILES string of the molecule is O=CC(=O)[S]. The van der Waals surface area contributed by atoms with Crippen molar-refractivity contribution in [2.75, 3.05) is 0 Å². The molecule has 0 rings (SSSR count). The molecule has 0 aromatic heterocycles. The Balaban J connectivity index is 3.20. The smallest absolute Gasteiger partial charge is 0.281 e. The molecule has 0 aromatic rings. The fraction of sp³-hybridized carbons (Fsp3) is 0. The van der Waals surface area contributed by atoms with Crippen LogP contribution in [0, 0.1) is 0 Å². The van der Waals surface area contributed by atoms with E-state index in [1.165, 1.54) is 0 Å². The van der Waals surface area contributed by atoms with Gasteiger partial charge >= 0.3 is 0 Å². The topological polar surface area (TPSA) is 34.1 Å². The predicted octanol–water partition coefficient (Wildman–Crippen LogP) is -0.0906. The second kappa shape index (κ2) is 1.84. The van der Waals surface area contributed by atoms with Gasteiger partial charge in [0.2, 0.25) is 6.29 Å². The maximum Gasteiger partial charge on any atom is 0.281 e. The van der Waals surface area contributed by atoms with Crippen LogP contribution < -0.4 is 0 Å². The average molecular weight is 89.1 g/mol. The van der Waals surface area contributed by atoms with Gasteiger partial charge in [-0.25, -0.2) is 0 Å². The third-order valence-corrected chi connectivity index (χ3v) is 0.192. The molecular formula is C2HO2S. The minimum absolute atomic E-state index is 0.0926. The summed E-state index contributed by atoms with van der Waals surface area (Å²) in [5.74, 6) is 0. The molecule has 0 unspecified atom stereocenters. The van der Waals surface area contributed by atoms with Crippen molar-refractivity contribution in [1.82, 2.24) is 0 Å². The van der Waals surface area contributed by atoms with Crippen LogP contribution in [0.1, 0.15) is 0 Å². The number of hydrogen-bond acceptors (Lipinski definition) is 2. The van der Waals surface area contributed by atoms with Crippen molar-refractivity contribution in [3.63, 3.8) is 0 Å². The van der Waals surface area contributed by atoms with Crippen molar-refractivity contribution in [3.8, 4) is 0 Å². The van der Waals surface area contributed by atoms with E-state index in [-0.39, 0.29) is 6.29 Å². The van der Waals surface area contributed by atoms with Gasteiger partial charge in [-0.2, -0.15) is 0 Å². The van der Waals surface area contributed by atoms with Gasteiger partial charge in [-0.15, -0.1) is 0 Å². The summed E-state index contributed by atoms with van der Waals surface area (Å²) >= 11 is 3.77. The Morgan fingerprint density at radius 2 is 2.00 bits per heavy atom. The van der Waals surface area contributed by atoms with Crippen LogP contribution in [-0.4, -0.2) is 11.4 Å². The zero-order valence-corrected chi connectivity index (χ0v) is 3.12. The van der Waals surface area contributed by atoms with Crippen LogP contribution in [0.15, 0.2) is 0 Å².